The molecule has 0 aliphatic heterocycles. The smallest absolute Gasteiger partial charge is 0.255 e. The minimum Gasteiger partial charge on any atom is -0.255 e. The molecule has 9 rings (SSSR count). The third-order valence-electron chi connectivity index (χ3n) is 12.1. The highest BCUT2D eigenvalue weighted by Gasteiger charge is 2.56. The zero-order chi connectivity index (χ0) is 31.4. The topological polar surface area (TPSA) is 43.4 Å². The number of halogens is 3. The summed E-state index contributed by atoms with van der Waals surface area (Å²) >= 11 is 3.70. The summed E-state index contributed by atoms with van der Waals surface area (Å²) < 4.78 is 60.8. The van der Waals surface area contributed by atoms with Crippen molar-refractivity contribution in [3.63, 3.8) is 0 Å². The van der Waals surface area contributed by atoms with Crippen molar-refractivity contribution in [3.05, 3.63) is 76.9 Å². The van der Waals surface area contributed by atoms with Crippen molar-refractivity contribution in [2.24, 2.45) is 22.7 Å². The Kier molecular flexibility index (Phi) is 8.76. The number of aryl methyl sites for hydroxylation is 1. The first kappa shape index (κ1) is 32.4. The predicted molar refractivity (Wildman–Crippen MR) is 176 cm³/mol. The van der Waals surface area contributed by atoms with E-state index < -0.39 is 21.1 Å². The molecule has 240 valence electrons. The zero-order valence-electron chi connectivity index (χ0n) is 26.4. The Hall–Kier alpha value is -1.57. The highest BCUT2D eigenvalue weighted by molar-refractivity contribution is 9.10. The highest BCUT2D eigenvalue weighted by Crippen LogP contribution is 2.62. The average molecular weight is 690 g/mol. The maximum Gasteiger partial charge on any atom is 0.297 e. The van der Waals surface area contributed by atoms with Gasteiger partial charge in [-0.2, -0.15) is 8.42 Å². The molecule has 2 saturated carbocycles. The number of allylic oxidation sites excluding steroid dienone is 7. The Morgan fingerprint density at radius 2 is 1.20 bits per heavy atom. The van der Waals surface area contributed by atoms with E-state index in [9.17, 15) is 12.8 Å². The minimum atomic E-state index is -3.92. The molecule has 4 bridgehead atoms. The van der Waals surface area contributed by atoms with Crippen LogP contribution in [0.2, 0.25) is 0 Å². The molecule has 1 aromatic carbocycles. The van der Waals surface area contributed by atoms with Crippen molar-refractivity contribution >= 4 is 26.0 Å². The SMILES string of the molecule is CC1=CCC(C23CCC(Br)(C=C2F)CC3)CC1.CC1=CCC(C23CCC(OS(=O)(=O)c4ccc(C)cc4)(C=C2F)CC3)CC1. The molecule has 8 aliphatic carbocycles. The normalized spacial score (nSPS) is 38.1. The van der Waals surface area contributed by atoms with Crippen LogP contribution >= 0.6 is 15.9 Å². The number of rotatable bonds is 5. The van der Waals surface area contributed by atoms with Gasteiger partial charge in [0.25, 0.3) is 10.1 Å². The summed E-state index contributed by atoms with van der Waals surface area (Å²) in [4.78, 5) is 0.131. The van der Waals surface area contributed by atoms with E-state index in [1.807, 2.05) is 13.0 Å². The first-order valence-corrected chi connectivity index (χ1v) is 18.8. The van der Waals surface area contributed by atoms with Gasteiger partial charge in [-0.1, -0.05) is 56.9 Å². The molecular formula is C37H47BrF2O3S. The van der Waals surface area contributed by atoms with Gasteiger partial charge in [0.05, 0.1) is 4.90 Å². The molecule has 0 amide bonds. The molecule has 3 nitrogen and oxygen atoms in total. The van der Waals surface area contributed by atoms with E-state index in [2.05, 4.69) is 41.9 Å². The minimum absolute atomic E-state index is 0.0146. The second-order valence-electron chi connectivity index (χ2n) is 14.8. The van der Waals surface area contributed by atoms with E-state index in [1.54, 1.807) is 24.3 Å². The monoisotopic (exact) mass is 688 g/mol. The molecule has 2 unspecified atom stereocenters. The van der Waals surface area contributed by atoms with Crippen LogP contribution in [0.25, 0.3) is 0 Å². The highest BCUT2D eigenvalue weighted by atomic mass is 79.9. The first-order valence-electron chi connectivity index (χ1n) is 16.6. The molecule has 2 atom stereocenters. The number of benzene rings is 1. The van der Waals surface area contributed by atoms with Crippen molar-refractivity contribution in [2.45, 2.75) is 125 Å². The van der Waals surface area contributed by atoms with E-state index in [0.717, 1.165) is 56.9 Å². The van der Waals surface area contributed by atoms with E-state index in [4.69, 9.17) is 4.18 Å². The van der Waals surface area contributed by atoms with Crippen LogP contribution in [-0.2, 0) is 14.3 Å². The van der Waals surface area contributed by atoms with Crippen LogP contribution < -0.4 is 0 Å². The van der Waals surface area contributed by atoms with Crippen LogP contribution in [-0.4, -0.2) is 18.3 Å². The molecule has 0 aromatic heterocycles. The molecule has 1 aromatic rings. The molecule has 7 heteroatoms. The molecule has 0 radical (unpaired) electrons. The van der Waals surface area contributed by atoms with Gasteiger partial charge in [-0.3, -0.25) is 4.18 Å². The van der Waals surface area contributed by atoms with Gasteiger partial charge in [-0.15, -0.1) is 0 Å². The first-order chi connectivity index (χ1) is 20.8. The Morgan fingerprint density at radius 1 is 0.727 bits per heavy atom. The van der Waals surface area contributed by atoms with Gasteiger partial charge < -0.3 is 0 Å². The molecule has 2 fully saturated rings. The van der Waals surface area contributed by atoms with E-state index in [-0.39, 0.29) is 26.3 Å². The fourth-order valence-electron chi connectivity index (χ4n) is 8.96. The molecule has 0 spiro atoms. The van der Waals surface area contributed by atoms with Crippen LogP contribution in [0, 0.1) is 29.6 Å². The number of fused-ring (bicyclic) bond motifs is 4. The van der Waals surface area contributed by atoms with Crippen molar-refractivity contribution in [1.29, 1.82) is 0 Å². The maximum absolute atomic E-state index is 15.3. The van der Waals surface area contributed by atoms with E-state index in [0.29, 0.717) is 37.5 Å². The number of hydrogen-bond donors (Lipinski definition) is 0. The average Bonchev–Trinajstić information content (AvgIpc) is 2.99. The summed E-state index contributed by atoms with van der Waals surface area (Å²) in [5, 5.41) is 0. The molecule has 0 saturated heterocycles. The van der Waals surface area contributed by atoms with Crippen LogP contribution in [0.15, 0.2) is 76.3 Å². The summed E-state index contributed by atoms with van der Waals surface area (Å²) in [5.41, 5.74) is 2.30. The van der Waals surface area contributed by atoms with Gasteiger partial charge in [0.2, 0.25) is 0 Å². The van der Waals surface area contributed by atoms with Crippen LogP contribution in [0.5, 0.6) is 0 Å². The van der Waals surface area contributed by atoms with Gasteiger partial charge >= 0.3 is 0 Å². The van der Waals surface area contributed by atoms with Gasteiger partial charge in [-0.25, -0.2) is 8.78 Å². The van der Waals surface area contributed by atoms with Crippen LogP contribution in [0.3, 0.4) is 0 Å². The fraction of sp³-hybridized carbons (Fsp3) is 0.622. The van der Waals surface area contributed by atoms with Crippen LogP contribution in [0.1, 0.15) is 109 Å². The second-order valence-corrected chi connectivity index (χ2v) is 17.9. The zero-order valence-corrected chi connectivity index (χ0v) is 28.8. The summed E-state index contributed by atoms with van der Waals surface area (Å²) in [5.74, 6) is 0.881. The summed E-state index contributed by atoms with van der Waals surface area (Å²) in [7, 11) is -3.92. The lowest BCUT2D eigenvalue weighted by molar-refractivity contribution is -0.0217. The molecule has 8 aliphatic rings. The lowest BCUT2D eigenvalue weighted by Gasteiger charge is -2.52. The lowest BCUT2D eigenvalue weighted by atomic mass is 9.55. The Labute approximate surface area is 271 Å². The Morgan fingerprint density at radius 3 is 1.64 bits per heavy atom. The standard InChI is InChI=1S/C22H27FO3S.C15H20BrF/c1-16-3-7-18(8-4-16)22-13-11-21(12-14-22,15-20(22)23)26-27(24,25)19-9-5-17(2)6-10-19;1-11-2-4-12(5-3-11)15-8-6-14(16,7-9-15)10-13(15)17/h3,5-6,9-10,15,18H,4,7-8,11-14H2,1-2H3;2,10,12H,3-9H2,1H3. The van der Waals surface area contributed by atoms with Gasteiger partial charge in [-0.05, 0) is 147 Å². The fourth-order valence-corrected chi connectivity index (χ4v) is 10.8. The van der Waals surface area contributed by atoms with E-state index >= 15 is 4.39 Å². The predicted octanol–water partition coefficient (Wildman–Crippen LogP) is 10.9. The molecular weight excluding hydrogens is 642 g/mol. The lowest BCUT2D eigenvalue weighted by Crippen LogP contribution is -2.49. The Bertz CT molecular complexity index is 1490. The third-order valence-corrected chi connectivity index (χ3v) is 14.5. The molecule has 44 heavy (non-hydrogen) atoms. The summed E-state index contributed by atoms with van der Waals surface area (Å²) in [6.07, 6.45) is 21.1. The van der Waals surface area contributed by atoms with Crippen molar-refractivity contribution in [1.82, 2.24) is 0 Å². The third kappa shape index (κ3) is 5.99. The molecule has 0 heterocycles. The quantitative estimate of drug-likeness (QED) is 0.176. The van der Waals surface area contributed by atoms with E-state index in [1.165, 1.54) is 30.1 Å². The van der Waals surface area contributed by atoms with Gasteiger partial charge in [0, 0.05) is 15.2 Å². The van der Waals surface area contributed by atoms with Gasteiger partial charge in [0.15, 0.2) is 0 Å². The second kappa shape index (κ2) is 11.9. The van der Waals surface area contributed by atoms with Crippen LogP contribution in [0.4, 0.5) is 8.78 Å². The van der Waals surface area contributed by atoms with Crippen molar-refractivity contribution in [3.8, 4) is 0 Å². The Balaban J connectivity index is 0.000000173. The largest absolute Gasteiger partial charge is 0.297 e. The number of alkyl halides is 1. The number of hydrogen-bond acceptors (Lipinski definition) is 3. The van der Waals surface area contributed by atoms with Crippen molar-refractivity contribution < 1.29 is 21.4 Å². The van der Waals surface area contributed by atoms with Gasteiger partial charge in [0.1, 0.15) is 17.3 Å². The summed E-state index contributed by atoms with van der Waals surface area (Å²) in [6.45, 7) is 6.24. The molecule has 0 N–H and O–H groups in total. The maximum atomic E-state index is 15.3. The summed E-state index contributed by atoms with van der Waals surface area (Å²) in [6, 6.07) is 6.59. The van der Waals surface area contributed by atoms with Crippen molar-refractivity contribution in [2.75, 3.05) is 0 Å².